The van der Waals surface area contributed by atoms with E-state index in [2.05, 4.69) is 23.5 Å². The molecule has 0 N–H and O–H groups in total. The highest BCUT2D eigenvalue weighted by molar-refractivity contribution is 5.84. The number of nitrogens with zero attached hydrogens (tertiary/aromatic N) is 3. The molecule has 4 heteroatoms. The van der Waals surface area contributed by atoms with Gasteiger partial charge in [-0.25, -0.2) is 0 Å². The molecule has 0 spiro atoms. The van der Waals surface area contributed by atoms with Gasteiger partial charge in [0.05, 0.1) is 11.3 Å². The first-order chi connectivity index (χ1) is 7.51. The number of carbonyl (C=O) groups excluding carboxylic acids is 1. The van der Waals surface area contributed by atoms with E-state index in [9.17, 15) is 4.79 Å². The molecule has 0 aliphatic rings. The summed E-state index contributed by atoms with van der Waals surface area (Å²) in [6.45, 7) is 11.4. The van der Waals surface area contributed by atoms with Crippen molar-refractivity contribution in [2.75, 3.05) is 18.0 Å². The van der Waals surface area contributed by atoms with Crippen LogP contribution in [0.1, 0.15) is 29.9 Å². The standard InChI is InChI=1S/C12H19N3O/c1-6-15(7-9(2)3)12-11(8-16)10(4)13-14(12)5/h8H,2,6-7H2,1,3-5H3. The van der Waals surface area contributed by atoms with Crippen molar-refractivity contribution in [2.45, 2.75) is 20.8 Å². The van der Waals surface area contributed by atoms with Crippen molar-refractivity contribution < 1.29 is 4.79 Å². The lowest BCUT2D eigenvalue weighted by molar-refractivity contribution is 0.112. The van der Waals surface area contributed by atoms with Crippen molar-refractivity contribution >= 4 is 12.1 Å². The number of aryl methyl sites for hydroxylation is 2. The lowest BCUT2D eigenvalue weighted by Crippen LogP contribution is -2.27. The molecule has 0 fully saturated rings. The van der Waals surface area contributed by atoms with Crippen LogP contribution in [0.15, 0.2) is 12.2 Å². The number of aldehydes is 1. The molecule has 0 amide bonds. The van der Waals surface area contributed by atoms with Gasteiger partial charge in [-0.2, -0.15) is 5.10 Å². The van der Waals surface area contributed by atoms with Gasteiger partial charge in [0.25, 0.3) is 0 Å². The fourth-order valence-electron chi connectivity index (χ4n) is 1.84. The zero-order chi connectivity index (χ0) is 12.3. The number of rotatable bonds is 5. The number of hydrogen-bond donors (Lipinski definition) is 0. The average molecular weight is 221 g/mol. The van der Waals surface area contributed by atoms with Gasteiger partial charge in [0, 0.05) is 20.1 Å². The average Bonchev–Trinajstić information content (AvgIpc) is 2.49. The fraction of sp³-hybridized carbons (Fsp3) is 0.500. The summed E-state index contributed by atoms with van der Waals surface area (Å²) in [6.07, 6.45) is 0.874. The van der Waals surface area contributed by atoms with Crippen LogP contribution >= 0.6 is 0 Å². The van der Waals surface area contributed by atoms with E-state index in [1.165, 1.54) is 0 Å². The maximum absolute atomic E-state index is 11.1. The molecule has 0 aliphatic heterocycles. The molecule has 1 aromatic rings. The van der Waals surface area contributed by atoms with Crippen LogP contribution in [0.3, 0.4) is 0 Å². The lowest BCUT2D eigenvalue weighted by atomic mass is 10.2. The van der Waals surface area contributed by atoms with Crippen LogP contribution in [0.25, 0.3) is 0 Å². The van der Waals surface area contributed by atoms with E-state index >= 15 is 0 Å². The van der Waals surface area contributed by atoms with Crippen LogP contribution in [-0.2, 0) is 7.05 Å². The van der Waals surface area contributed by atoms with Gasteiger partial charge in [0.2, 0.25) is 0 Å². The number of anilines is 1. The molecule has 4 nitrogen and oxygen atoms in total. The second kappa shape index (κ2) is 4.96. The Bertz CT molecular complexity index is 407. The first-order valence-electron chi connectivity index (χ1n) is 5.39. The van der Waals surface area contributed by atoms with E-state index in [1.54, 1.807) is 4.68 Å². The second-order valence-corrected chi connectivity index (χ2v) is 4.04. The molecule has 1 heterocycles. The SMILES string of the molecule is C=C(C)CN(CC)c1c(C=O)c(C)nn1C. The van der Waals surface area contributed by atoms with Crippen LogP contribution < -0.4 is 4.90 Å². The summed E-state index contributed by atoms with van der Waals surface area (Å²) >= 11 is 0. The highest BCUT2D eigenvalue weighted by Crippen LogP contribution is 2.21. The third kappa shape index (κ3) is 2.32. The molecule has 0 saturated carbocycles. The van der Waals surface area contributed by atoms with Gasteiger partial charge < -0.3 is 4.90 Å². The van der Waals surface area contributed by atoms with Crippen molar-refractivity contribution in [2.24, 2.45) is 7.05 Å². The summed E-state index contributed by atoms with van der Waals surface area (Å²) in [6, 6.07) is 0. The maximum Gasteiger partial charge on any atom is 0.155 e. The Morgan fingerprint density at radius 3 is 2.69 bits per heavy atom. The fourth-order valence-corrected chi connectivity index (χ4v) is 1.84. The van der Waals surface area contributed by atoms with Gasteiger partial charge >= 0.3 is 0 Å². The summed E-state index contributed by atoms with van der Waals surface area (Å²) in [4.78, 5) is 13.2. The first-order valence-corrected chi connectivity index (χ1v) is 5.39. The molecule has 0 aromatic carbocycles. The van der Waals surface area contributed by atoms with E-state index in [1.807, 2.05) is 20.9 Å². The molecule has 0 atom stereocenters. The Labute approximate surface area is 96.6 Å². The smallest absolute Gasteiger partial charge is 0.155 e. The van der Waals surface area contributed by atoms with Crippen LogP contribution in [0.4, 0.5) is 5.82 Å². The minimum absolute atomic E-state index is 0.672. The molecule has 0 radical (unpaired) electrons. The first kappa shape index (κ1) is 12.5. The molecular weight excluding hydrogens is 202 g/mol. The van der Waals surface area contributed by atoms with E-state index in [-0.39, 0.29) is 0 Å². The lowest BCUT2D eigenvalue weighted by Gasteiger charge is -2.23. The Kier molecular flexibility index (Phi) is 3.88. The third-order valence-electron chi connectivity index (χ3n) is 2.50. The van der Waals surface area contributed by atoms with Crippen LogP contribution in [-0.4, -0.2) is 29.2 Å². The molecule has 16 heavy (non-hydrogen) atoms. The zero-order valence-corrected chi connectivity index (χ0v) is 10.4. The summed E-state index contributed by atoms with van der Waals surface area (Å²) in [5.41, 5.74) is 2.51. The summed E-state index contributed by atoms with van der Waals surface area (Å²) in [5, 5.41) is 4.27. The van der Waals surface area contributed by atoms with E-state index in [4.69, 9.17) is 0 Å². The van der Waals surface area contributed by atoms with Gasteiger partial charge in [-0.05, 0) is 20.8 Å². The second-order valence-electron chi connectivity index (χ2n) is 4.04. The minimum Gasteiger partial charge on any atom is -0.353 e. The molecular formula is C12H19N3O. The number of hydrogen-bond acceptors (Lipinski definition) is 3. The van der Waals surface area contributed by atoms with Crippen LogP contribution in [0, 0.1) is 6.92 Å². The predicted molar refractivity (Wildman–Crippen MR) is 66.0 cm³/mol. The summed E-state index contributed by atoms with van der Waals surface area (Å²) < 4.78 is 1.76. The Hall–Kier alpha value is -1.58. The van der Waals surface area contributed by atoms with Crippen molar-refractivity contribution in [3.63, 3.8) is 0 Å². The Balaban J connectivity index is 3.17. The normalized spacial score (nSPS) is 10.2. The van der Waals surface area contributed by atoms with Crippen molar-refractivity contribution in [3.05, 3.63) is 23.4 Å². The Morgan fingerprint density at radius 1 is 1.62 bits per heavy atom. The molecule has 0 saturated heterocycles. The molecule has 0 aliphatic carbocycles. The number of aromatic nitrogens is 2. The van der Waals surface area contributed by atoms with Crippen LogP contribution in [0.2, 0.25) is 0 Å². The number of carbonyl (C=O) groups is 1. The monoisotopic (exact) mass is 221 g/mol. The van der Waals surface area contributed by atoms with E-state index in [0.717, 1.165) is 36.5 Å². The van der Waals surface area contributed by atoms with Crippen LogP contribution in [0.5, 0.6) is 0 Å². The maximum atomic E-state index is 11.1. The van der Waals surface area contributed by atoms with Crippen molar-refractivity contribution in [3.8, 4) is 0 Å². The largest absolute Gasteiger partial charge is 0.353 e. The predicted octanol–water partition coefficient (Wildman–Crippen LogP) is 1.94. The highest BCUT2D eigenvalue weighted by atomic mass is 16.1. The minimum atomic E-state index is 0.672. The number of likely N-dealkylation sites (N-methyl/N-ethyl adjacent to an activating group) is 1. The Morgan fingerprint density at radius 2 is 2.25 bits per heavy atom. The molecule has 1 rings (SSSR count). The zero-order valence-electron chi connectivity index (χ0n) is 10.4. The summed E-state index contributed by atoms with van der Waals surface area (Å²) in [7, 11) is 1.86. The summed E-state index contributed by atoms with van der Waals surface area (Å²) in [5.74, 6) is 0.873. The van der Waals surface area contributed by atoms with E-state index in [0.29, 0.717) is 5.56 Å². The van der Waals surface area contributed by atoms with Gasteiger partial charge in [-0.15, -0.1) is 0 Å². The van der Waals surface area contributed by atoms with Gasteiger partial charge in [0.15, 0.2) is 6.29 Å². The molecule has 0 unspecified atom stereocenters. The third-order valence-corrected chi connectivity index (χ3v) is 2.50. The van der Waals surface area contributed by atoms with Gasteiger partial charge in [0.1, 0.15) is 5.82 Å². The van der Waals surface area contributed by atoms with Gasteiger partial charge in [-0.1, -0.05) is 12.2 Å². The van der Waals surface area contributed by atoms with Crippen molar-refractivity contribution in [1.82, 2.24) is 9.78 Å². The molecule has 1 aromatic heterocycles. The topological polar surface area (TPSA) is 38.1 Å². The van der Waals surface area contributed by atoms with Gasteiger partial charge in [-0.3, -0.25) is 9.48 Å². The molecule has 88 valence electrons. The quantitative estimate of drug-likeness (QED) is 0.563. The molecule has 0 bridgehead atoms. The van der Waals surface area contributed by atoms with E-state index < -0.39 is 0 Å². The van der Waals surface area contributed by atoms with Crippen molar-refractivity contribution in [1.29, 1.82) is 0 Å². The highest BCUT2D eigenvalue weighted by Gasteiger charge is 2.17.